The van der Waals surface area contributed by atoms with Gasteiger partial charge in [-0.2, -0.15) is 0 Å². The highest BCUT2D eigenvalue weighted by Crippen LogP contribution is 2.34. The quantitative estimate of drug-likeness (QED) is 0.769. The number of amides is 1. The molecule has 4 rings (SSSR count). The summed E-state index contributed by atoms with van der Waals surface area (Å²) in [5.74, 6) is 1.22. The average Bonchev–Trinajstić information content (AvgIpc) is 3.07. The molecule has 3 aromatic rings. The Morgan fingerprint density at radius 3 is 2.44 bits per heavy atom. The Morgan fingerprint density at radius 2 is 1.68 bits per heavy atom. The second-order valence-corrected chi connectivity index (χ2v) is 6.12. The number of hydrogen-bond acceptors (Lipinski definition) is 3. The molecular formula is C21H19NO3. The van der Waals surface area contributed by atoms with E-state index in [9.17, 15) is 4.79 Å². The summed E-state index contributed by atoms with van der Waals surface area (Å²) in [6.45, 7) is -0.0325. The summed E-state index contributed by atoms with van der Waals surface area (Å²) < 4.78 is 10.6. The van der Waals surface area contributed by atoms with Gasteiger partial charge in [-0.3, -0.25) is 4.79 Å². The molecule has 0 aliphatic heterocycles. The van der Waals surface area contributed by atoms with E-state index in [4.69, 9.17) is 9.47 Å². The van der Waals surface area contributed by atoms with Crippen molar-refractivity contribution in [3.05, 3.63) is 65.7 Å². The van der Waals surface area contributed by atoms with E-state index in [1.165, 1.54) is 16.5 Å². The Kier molecular flexibility index (Phi) is 4.02. The number of methoxy groups -OCH3 is 1. The number of anilines is 1. The zero-order valence-corrected chi connectivity index (χ0v) is 14.0. The molecule has 0 spiro atoms. The first-order chi connectivity index (χ1) is 12.2. The molecule has 0 aromatic heterocycles. The molecule has 0 saturated carbocycles. The summed E-state index contributed by atoms with van der Waals surface area (Å²) in [7, 11) is 1.61. The predicted octanol–water partition coefficient (Wildman–Crippen LogP) is 3.96. The van der Waals surface area contributed by atoms with Crippen molar-refractivity contribution in [2.24, 2.45) is 0 Å². The molecule has 4 heteroatoms. The maximum atomic E-state index is 12.3. The van der Waals surface area contributed by atoms with Crippen LogP contribution in [-0.4, -0.2) is 19.6 Å². The molecule has 0 fully saturated rings. The van der Waals surface area contributed by atoms with Crippen molar-refractivity contribution in [2.45, 2.75) is 12.8 Å². The Labute approximate surface area is 146 Å². The van der Waals surface area contributed by atoms with Crippen LogP contribution >= 0.6 is 0 Å². The smallest absolute Gasteiger partial charge is 0.262 e. The van der Waals surface area contributed by atoms with E-state index >= 15 is 0 Å². The van der Waals surface area contributed by atoms with Gasteiger partial charge in [0.05, 0.1) is 7.11 Å². The molecule has 0 saturated heterocycles. The van der Waals surface area contributed by atoms with Gasteiger partial charge in [0.1, 0.15) is 11.5 Å². The minimum absolute atomic E-state index is 0.0325. The van der Waals surface area contributed by atoms with Crippen LogP contribution in [0.2, 0.25) is 0 Å². The number of aryl methyl sites for hydroxylation is 2. The number of rotatable bonds is 5. The molecule has 0 heterocycles. The number of carbonyl (C=O) groups excluding carboxylic acids is 1. The highest BCUT2D eigenvalue weighted by Gasteiger charge is 2.16. The fourth-order valence-electron chi connectivity index (χ4n) is 3.36. The van der Waals surface area contributed by atoms with Crippen molar-refractivity contribution in [3.8, 4) is 11.5 Å². The van der Waals surface area contributed by atoms with Crippen molar-refractivity contribution in [3.63, 3.8) is 0 Å². The van der Waals surface area contributed by atoms with Crippen molar-refractivity contribution >= 4 is 22.4 Å². The first-order valence-corrected chi connectivity index (χ1v) is 8.35. The van der Waals surface area contributed by atoms with Crippen LogP contribution in [0.25, 0.3) is 10.8 Å². The Hall–Kier alpha value is -3.01. The molecule has 3 aromatic carbocycles. The normalized spacial score (nSPS) is 12.2. The lowest BCUT2D eigenvalue weighted by Crippen LogP contribution is -2.20. The maximum absolute atomic E-state index is 12.3. The second kappa shape index (κ2) is 6.48. The molecular weight excluding hydrogens is 314 g/mol. The van der Waals surface area contributed by atoms with Gasteiger partial charge in [0, 0.05) is 11.1 Å². The first-order valence-electron chi connectivity index (χ1n) is 8.35. The lowest BCUT2D eigenvalue weighted by atomic mass is 10.0. The maximum Gasteiger partial charge on any atom is 0.262 e. The van der Waals surface area contributed by atoms with Crippen LogP contribution < -0.4 is 14.8 Å². The van der Waals surface area contributed by atoms with Gasteiger partial charge in [0.15, 0.2) is 6.61 Å². The van der Waals surface area contributed by atoms with Crippen molar-refractivity contribution < 1.29 is 14.3 Å². The number of hydrogen-bond donors (Lipinski definition) is 1. The molecule has 4 nitrogen and oxygen atoms in total. The molecule has 25 heavy (non-hydrogen) atoms. The van der Waals surface area contributed by atoms with Crippen LogP contribution in [0, 0.1) is 0 Å². The fourth-order valence-corrected chi connectivity index (χ4v) is 3.36. The second-order valence-electron chi connectivity index (χ2n) is 6.12. The number of ether oxygens (including phenoxy) is 2. The third-order valence-electron chi connectivity index (χ3n) is 4.58. The highest BCUT2D eigenvalue weighted by molar-refractivity contribution is 6.05. The number of nitrogens with one attached hydrogen (secondary N) is 1. The van der Waals surface area contributed by atoms with Crippen molar-refractivity contribution in [1.82, 2.24) is 0 Å². The molecule has 1 N–H and O–H groups in total. The Balaban J connectivity index is 1.47. The summed E-state index contributed by atoms with van der Waals surface area (Å²) in [6, 6.07) is 17.5. The minimum Gasteiger partial charge on any atom is -0.497 e. The van der Waals surface area contributed by atoms with E-state index in [0.717, 1.165) is 29.7 Å². The molecule has 0 atom stereocenters. The summed E-state index contributed by atoms with van der Waals surface area (Å²) in [6.07, 6.45) is 2.15. The zero-order valence-electron chi connectivity index (χ0n) is 14.0. The van der Waals surface area contributed by atoms with Gasteiger partial charge in [-0.15, -0.1) is 0 Å². The van der Waals surface area contributed by atoms with E-state index < -0.39 is 0 Å². The molecule has 1 aliphatic rings. The molecule has 126 valence electrons. The summed E-state index contributed by atoms with van der Waals surface area (Å²) in [5.41, 5.74) is 3.56. The van der Waals surface area contributed by atoms with Gasteiger partial charge in [0.2, 0.25) is 0 Å². The summed E-state index contributed by atoms with van der Waals surface area (Å²) >= 11 is 0. The lowest BCUT2D eigenvalue weighted by molar-refractivity contribution is -0.118. The molecule has 0 bridgehead atoms. The van der Waals surface area contributed by atoms with Crippen LogP contribution in [0.1, 0.15) is 11.1 Å². The zero-order chi connectivity index (χ0) is 17.2. The molecule has 1 aliphatic carbocycles. The molecule has 1 amide bonds. The predicted molar refractivity (Wildman–Crippen MR) is 98.5 cm³/mol. The SMILES string of the molecule is COc1ccc(OCC(=O)Nc2ccc3c4c(cccc24)CC3)cc1. The third kappa shape index (κ3) is 3.03. The lowest BCUT2D eigenvalue weighted by Gasteiger charge is -2.11. The Morgan fingerprint density at radius 1 is 0.960 bits per heavy atom. The summed E-state index contributed by atoms with van der Waals surface area (Å²) in [5, 5.41) is 5.36. The van der Waals surface area contributed by atoms with Crippen LogP contribution in [0.5, 0.6) is 11.5 Å². The Bertz CT molecular complexity index is 922. The van der Waals surface area contributed by atoms with Gasteiger partial charge < -0.3 is 14.8 Å². The van der Waals surface area contributed by atoms with E-state index in [2.05, 4.69) is 29.6 Å². The average molecular weight is 333 g/mol. The van der Waals surface area contributed by atoms with E-state index in [0.29, 0.717) is 5.75 Å². The standard InChI is InChI=1S/C21H19NO3/c1-24-16-8-10-17(11-9-16)25-13-20(23)22-19-12-7-15-6-5-14-3-2-4-18(19)21(14)15/h2-4,7-12H,5-6,13H2,1H3,(H,22,23). The van der Waals surface area contributed by atoms with Crippen molar-refractivity contribution in [1.29, 1.82) is 0 Å². The summed E-state index contributed by atoms with van der Waals surface area (Å²) in [4.78, 5) is 12.3. The number of benzene rings is 3. The monoisotopic (exact) mass is 333 g/mol. The molecule has 0 radical (unpaired) electrons. The van der Waals surface area contributed by atoms with Gasteiger partial charge in [0.25, 0.3) is 5.91 Å². The van der Waals surface area contributed by atoms with Crippen molar-refractivity contribution in [2.75, 3.05) is 19.0 Å². The third-order valence-corrected chi connectivity index (χ3v) is 4.58. The van der Waals surface area contributed by atoms with Gasteiger partial charge in [-0.1, -0.05) is 24.3 Å². The highest BCUT2D eigenvalue weighted by atomic mass is 16.5. The number of carbonyl (C=O) groups is 1. The van der Waals surface area contributed by atoms with Crippen LogP contribution in [-0.2, 0) is 17.6 Å². The first kappa shape index (κ1) is 15.5. The van der Waals surface area contributed by atoms with E-state index in [-0.39, 0.29) is 12.5 Å². The van der Waals surface area contributed by atoms with E-state index in [1.54, 1.807) is 31.4 Å². The molecule has 0 unspecified atom stereocenters. The van der Waals surface area contributed by atoms with Gasteiger partial charge in [-0.05, 0) is 59.7 Å². The van der Waals surface area contributed by atoms with Crippen LogP contribution in [0.4, 0.5) is 5.69 Å². The van der Waals surface area contributed by atoms with Crippen LogP contribution in [0.3, 0.4) is 0 Å². The van der Waals surface area contributed by atoms with Gasteiger partial charge >= 0.3 is 0 Å². The largest absolute Gasteiger partial charge is 0.497 e. The van der Waals surface area contributed by atoms with Crippen LogP contribution in [0.15, 0.2) is 54.6 Å². The minimum atomic E-state index is -0.172. The fraction of sp³-hybridized carbons (Fsp3) is 0.190. The van der Waals surface area contributed by atoms with E-state index in [1.807, 2.05) is 6.07 Å². The van der Waals surface area contributed by atoms with Gasteiger partial charge in [-0.25, -0.2) is 0 Å². The topological polar surface area (TPSA) is 47.6 Å².